The van der Waals surface area contributed by atoms with E-state index in [1.165, 1.54) is 0 Å². The van der Waals surface area contributed by atoms with Gasteiger partial charge >= 0.3 is 0 Å². The second-order valence-corrected chi connectivity index (χ2v) is 6.34. The molecule has 0 N–H and O–H groups in total. The van der Waals surface area contributed by atoms with Crippen molar-refractivity contribution < 1.29 is 9.90 Å². The number of rotatable bonds is 5. The van der Waals surface area contributed by atoms with Crippen LogP contribution in [0.2, 0.25) is 0 Å². The monoisotopic (exact) mass is 335 g/mol. The molecule has 0 spiro atoms. The lowest BCUT2D eigenvalue weighted by Crippen LogP contribution is -2.28. The number of thioether (sulfide) groups is 1. The fourth-order valence-electron chi connectivity index (χ4n) is 2.34. The Bertz CT molecular complexity index is 839. The molecule has 1 atom stereocenters. The molecule has 0 saturated carbocycles. The van der Waals surface area contributed by atoms with Crippen molar-refractivity contribution in [1.29, 1.82) is 0 Å². The molecule has 0 bridgehead atoms. The van der Waals surface area contributed by atoms with Crippen LogP contribution in [0, 0.1) is 6.92 Å². The number of carbonyl (C=O) groups excluding carboxylic acids is 1. The Morgan fingerprint density at radius 1 is 1.00 bits per heavy atom. The first-order valence-corrected chi connectivity index (χ1v) is 8.35. The quantitative estimate of drug-likeness (QED) is 0.530. The molecule has 0 aliphatic heterocycles. The van der Waals surface area contributed by atoms with Crippen LogP contribution in [-0.2, 0) is 4.79 Å². The van der Waals surface area contributed by atoms with E-state index in [2.05, 4.69) is 9.97 Å². The molecular weight excluding hydrogens is 320 g/mol. The maximum Gasteiger partial charge on any atom is 0.189 e. The number of aromatic nitrogens is 2. The molecule has 24 heavy (non-hydrogen) atoms. The van der Waals surface area contributed by atoms with Crippen LogP contribution in [0.3, 0.4) is 0 Å². The molecule has 1 heterocycles. The third-order valence-electron chi connectivity index (χ3n) is 3.44. The molecular formula is C19H15N2O2S-. The van der Waals surface area contributed by atoms with Gasteiger partial charge in [0.05, 0.1) is 16.9 Å². The molecule has 5 heteroatoms. The predicted molar refractivity (Wildman–Crippen MR) is 92.3 cm³/mol. The van der Waals surface area contributed by atoms with Crippen LogP contribution < -0.4 is 5.11 Å². The molecule has 0 fully saturated rings. The van der Waals surface area contributed by atoms with Crippen LogP contribution in [0.5, 0.6) is 0 Å². The Labute approximate surface area is 144 Å². The Kier molecular flexibility index (Phi) is 4.91. The summed E-state index contributed by atoms with van der Waals surface area (Å²) in [6, 6.07) is 20.6. The molecule has 0 saturated heterocycles. The molecule has 1 aromatic heterocycles. The summed E-state index contributed by atoms with van der Waals surface area (Å²) in [5.74, 6) is -1.16. The lowest BCUT2D eigenvalue weighted by atomic mass is 10.1. The summed E-state index contributed by atoms with van der Waals surface area (Å²) in [6.07, 6.45) is 0. The highest BCUT2D eigenvalue weighted by Crippen LogP contribution is 2.33. The third kappa shape index (κ3) is 3.81. The van der Waals surface area contributed by atoms with E-state index in [0.29, 0.717) is 10.7 Å². The highest BCUT2D eigenvalue weighted by Gasteiger charge is 2.17. The van der Waals surface area contributed by atoms with Crippen LogP contribution in [0.1, 0.15) is 16.5 Å². The zero-order valence-electron chi connectivity index (χ0n) is 13.0. The molecule has 3 aromatic rings. The average molecular weight is 335 g/mol. The number of hydrogen-bond donors (Lipinski definition) is 0. The topological polar surface area (TPSA) is 65.9 Å². The molecule has 2 aromatic carbocycles. The number of aliphatic carboxylic acids is 1. The van der Waals surface area contributed by atoms with Gasteiger partial charge in [0.2, 0.25) is 0 Å². The van der Waals surface area contributed by atoms with E-state index in [0.717, 1.165) is 28.7 Å². The van der Waals surface area contributed by atoms with Crippen molar-refractivity contribution in [3.05, 3.63) is 78.0 Å². The molecule has 3 rings (SSSR count). The Balaban J connectivity index is 1.94. The predicted octanol–water partition coefficient (Wildman–Crippen LogP) is 3.04. The van der Waals surface area contributed by atoms with Crippen molar-refractivity contribution in [2.75, 3.05) is 0 Å². The van der Waals surface area contributed by atoms with Crippen molar-refractivity contribution in [1.82, 2.24) is 9.97 Å². The average Bonchev–Trinajstić information content (AvgIpc) is 2.60. The molecule has 0 aliphatic carbocycles. The highest BCUT2D eigenvalue weighted by molar-refractivity contribution is 8.00. The van der Waals surface area contributed by atoms with Crippen LogP contribution >= 0.6 is 11.8 Å². The summed E-state index contributed by atoms with van der Waals surface area (Å²) < 4.78 is 0. The lowest BCUT2D eigenvalue weighted by molar-refractivity contribution is -0.305. The minimum atomic E-state index is -1.16. The number of carbonyl (C=O) groups is 1. The van der Waals surface area contributed by atoms with E-state index in [1.54, 1.807) is 24.3 Å². The molecule has 0 aliphatic rings. The molecule has 0 radical (unpaired) electrons. The minimum absolute atomic E-state index is 0.423. The number of aryl methyl sites for hydroxylation is 1. The van der Waals surface area contributed by atoms with Gasteiger partial charge in [-0.15, -0.1) is 0 Å². The smallest absolute Gasteiger partial charge is 0.189 e. The first-order chi connectivity index (χ1) is 11.6. The van der Waals surface area contributed by atoms with Gasteiger partial charge in [-0.1, -0.05) is 72.4 Å². The van der Waals surface area contributed by atoms with E-state index in [1.807, 2.05) is 49.4 Å². The third-order valence-corrected chi connectivity index (χ3v) is 4.54. The number of nitrogens with zero attached hydrogens (tertiary/aromatic N) is 2. The van der Waals surface area contributed by atoms with Gasteiger partial charge in [-0.25, -0.2) is 9.97 Å². The number of benzene rings is 2. The van der Waals surface area contributed by atoms with Crippen LogP contribution in [0.15, 0.2) is 71.9 Å². The van der Waals surface area contributed by atoms with Crippen molar-refractivity contribution in [2.24, 2.45) is 0 Å². The Morgan fingerprint density at radius 2 is 1.62 bits per heavy atom. The molecule has 120 valence electrons. The van der Waals surface area contributed by atoms with Gasteiger partial charge in [0.15, 0.2) is 5.16 Å². The maximum absolute atomic E-state index is 11.6. The molecule has 0 amide bonds. The second kappa shape index (κ2) is 7.27. The normalized spacial score (nSPS) is 11.9. The summed E-state index contributed by atoms with van der Waals surface area (Å²) >= 11 is 1.09. The first-order valence-electron chi connectivity index (χ1n) is 7.47. The highest BCUT2D eigenvalue weighted by atomic mass is 32.2. The van der Waals surface area contributed by atoms with Gasteiger partial charge in [-0.2, -0.15) is 0 Å². The first kappa shape index (κ1) is 16.2. The summed E-state index contributed by atoms with van der Waals surface area (Å²) in [5.41, 5.74) is 3.19. The molecule has 0 unspecified atom stereocenters. The van der Waals surface area contributed by atoms with E-state index in [9.17, 15) is 9.90 Å². The Morgan fingerprint density at radius 3 is 2.25 bits per heavy atom. The van der Waals surface area contributed by atoms with Crippen molar-refractivity contribution in [2.45, 2.75) is 17.3 Å². The summed E-state index contributed by atoms with van der Waals surface area (Å²) in [4.78, 5) is 20.4. The van der Waals surface area contributed by atoms with Crippen LogP contribution in [0.4, 0.5) is 0 Å². The summed E-state index contributed by atoms with van der Waals surface area (Å²) in [5, 5.41) is 11.1. The van der Waals surface area contributed by atoms with E-state index < -0.39 is 11.2 Å². The minimum Gasteiger partial charge on any atom is -0.549 e. The van der Waals surface area contributed by atoms with Crippen LogP contribution in [-0.4, -0.2) is 15.9 Å². The van der Waals surface area contributed by atoms with Crippen molar-refractivity contribution in [3.8, 4) is 11.3 Å². The number of carboxylic acid groups (broad SMARTS) is 1. The van der Waals surface area contributed by atoms with Gasteiger partial charge in [-0.05, 0) is 18.6 Å². The van der Waals surface area contributed by atoms with Gasteiger partial charge in [-0.3, -0.25) is 0 Å². The van der Waals surface area contributed by atoms with Gasteiger partial charge in [0, 0.05) is 11.3 Å². The van der Waals surface area contributed by atoms with Crippen molar-refractivity contribution in [3.63, 3.8) is 0 Å². The van der Waals surface area contributed by atoms with E-state index in [4.69, 9.17) is 0 Å². The number of carboxylic acids is 1. The van der Waals surface area contributed by atoms with Gasteiger partial charge in [0.25, 0.3) is 0 Å². The SMILES string of the molecule is Cc1cc(-c2ccccc2)nc(S[C@@H](C(=O)[O-])c2ccccc2)n1. The van der Waals surface area contributed by atoms with Gasteiger partial charge in [0.1, 0.15) is 0 Å². The fourth-order valence-corrected chi connectivity index (χ4v) is 3.28. The lowest BCUT2D eigenvalue weighted by Gasteiger charge is -2.17. The zero-order valence-corrected chi connectivity index (χ0v) is 13.9. The van der Waals surface area contributed by atoms with Crippen molar-refractivity contribution >= 4 is 17.7 Å². The van der Waals surface area contributed by atoms with Crippen LogP contribution in [0.25, 0.3) is 11.3 Å². The van der Waals surface area contributed by atoms with E-state index in [-0.39, 0.29) is 0 Å². The second-order valence-electron chi connectivity index (χ2n) is 5.27. The summed E-state index contributed by atoms with van der Waals surface area (Å²) in [7, 11) is 0. The van der Waals surface area contributed by atoms with E-state index >= 15 is 0 Å². The Hall–Kier alpha value is -2.66. The molecule has 4 nitrogen and oxygen atoms in total. The number of hydrogen-bond acceptors (Lipinski definition) is 5. The maximum atomic E-state index is 11.6. The van der Waals surface area contributed by atoms with Gasteiger partial charge < -0.3 is 9.90 Å². The largest absolute Gasteiger partial charge is 0.549 e. The zero-order chi connectivity index (χ0) is 16.9. The fraction of sp³-hybridized carbons (Fsp3) is 0.105. The summed E-state index contributed by atoms with van der Waals surface area (Å²) in [6.45, 7) is 1.87. The standard InChI is InChI=1S/C19H16N2O2S/c1-13-12-16(14-8-4-2-5-9-14)21-19(20-13)24-17(18(22)23)15-10-6-3-7-11-15/h2-12,17H,1H3,(H,22,23)/p-1/t17-/m1/s1.